The zero-order valence-electron chi connectivity index (χ0n) is 21.1. The van der Waals surface area contributed by atoms with Gasteiger partial charge in [0.05, 0.1) is 31.2 Å². The van der Waals surface area contributed by atoms with E-state index in [0.717, 1.165) is 22.2 Å². The summed E-state index contributed by atoms with van der Waals surface area (Å²) in [5.41, 5.74) is 4.56. The number of anilines is 3. The van der Waals surface area contributed by atoms with Gasteiger partial charge in [-0.3, -0.25) is 4.98 Å². The molecule has 1 atom stereocenters. The van der Waals surface area contributed by atoms with Gasteiger partial charge in [-0.1, -0.05) is 18.2 Å². The molecule has 3 N–H and O–H groups in total. The molecule has 1 aromatic heterocycles. The first-order valence-electron chi connectivity index (χ1n) is 11.9. The van der Waals surface area contributed by atoms with Crippen LogP contribution in [0.3, 0.4) is 0 Å². The Morgan fingerprint density at radius 3 is 2.38 bits per heavy atom. The highest BCUT2D eigenvalue weighted by molar-refractivity contribution is 6.00. The molecule has 8 heteroatoms. The molecule has 8 nitrogen and oxygen atoms in total. The molecule has 37 heavy (non-hydrogen) atoms. The van der Waals surface area contributed by atoms with E-state index in [-0.39, 0.29) is 12.1 Å². The number of benzene rings is 3. The lowest BCUT2D eigenvalue weighted by molar-refractivity contribution is 0.262. The number of carbonyl (C=O) groups is 1. The van der Waals surface area contributed by atoms with Crippen LogP contribution < -0.4 is 30.2 Å². The van der Waals surface area contributed by atoms with Gasteiger partial charge in [0, 0.05) is 41.0 Å². The van der Waals surface area contributed by atoms with Gasteiger partial charge in [-0.05, 0) is 55.8 Å². The van der Waals surface area contributed by atoms with Crippen LogP contribution in [0.2, 0.25) is 0 Å². The third-order valence-corrected chi connectivity index (χ3v) is 6.20. The Labute approximate surface area is 215 Å². The molecule has 3 heterocycles. The lowest BCUT2D eigenvalue weighted by Crippen LogP contribution is -2.19. The van der Waals surface area contributed by atoms with Crippen LogP contribution in [-0.2, 0) is 0 Å². The van der Waals surface area contributed by atoms with E-state index in [0.29, 0.717) is 39.9 Å². The van der Waals surface area contributed by atoms with Crippen molar-refractivity contribution in [3.63, 3.8) is 0 Å². The lowest BCUT2D eigenvalue weighted by Gasteiger charge is -2.24. The molecule has 0 spiro atoms. The van der Waals surface area contributed by atoms with E-state index in [2.05, 4.69) is 20.9 Å². The minimum Gasteiger partial charge on any atom is -0.493 e. The number of aryl methyl sites for hydroxylation is 1. The first-order valence-corrected chi connectivity index (χ1v) is 11.9. The summed E-state index contributed by atoms with van der Waals surface area (Å²) in [4.78, 5) is 17.3. The van der Waals surface area contributed by atoms with Gasteiger partial charge in [0.15, 0.2) is 11.5 Å². The second-order valence-electron chi connectivity index (χ2n) is 8.62. The van der Waals surface area contributed by atoms with Crippen LogP contribution in [0.4, 0.5) is 21.9 Å². The Balaban J connectivity index is 1.82. The number of aromatic nitrogens is 1. The van der Waals surface area contributed by atoms with Crippen molar-refractivity contribution in [1.82, 2.24) is 4.98 Å². The van der Waals surface area contributed by atoms with Crippen molar-refractivity contribution in [2.45, 2.75) is 19.9 Å². The van der Waals surface area contributed by atoms with Crippen LogP contribution in [-0.4, -0.2) is 25.2 Å². The maximum absolute atomic E-state index is 12.6. The number of methoxy groups -OCH3 is 2. The Morgan fingerprint density at radius 2 is 1.65 bits per heavy atom. The standard InChI is InChI=1S/C29H28N4O4/c1-5-6-21-27-26-22(16-25(35-3)28(27)36-4)30-14-13-23(26)37-24-15-20(8-7-17(24)2)33-29(34)32-19-11-9-18(31-21)10-12-19/h5-16,21,31H,1-4H3,(H2,32,33,34)/b6-5+/t21-/m0/s1. The number of hydrogen-bond acceptors (Lipinski definition) is 6. The number of pyridine rings is 1. The van der Waals surface area contributed by atoms with Gasteiger partial charge in [-0.15, -0.1) is 0 Å². The molecule has 4 bridgehead atoms. The number of allylic oxidation sites excluding steroid dienone is 1. The van der Waals surface area contributed by atoms with E-state index in [9.17, 15) is 4.79 Å². The van der Waals surface area contributed by atoms with Crippen molar-refractivity contribution in [2.75, 3.05) is 30.2 Å². The van der Waals surface area contributed by atoms with Gasteiger partial charge >= 0.3 is 6.03 Å². The fourth-order valence-electron chi connectivity index (χ4n) is 4.46. The number of fused-ring (bicyclic) bond motifs is 5. The molecule has 0 aliphatic carbocycles. The summed E-state index contributed by atoms with van der Waals surface area (Å²) in [5.74, 6) is 2.36. The largest absolute Gasteiger partial charge is 0.493 e. The van der Waals surface area contributed by atoms with Crippen molar-refractivity contribution >= 4 is 34.0 Å². The molecule has 2 aliphatic heterocycles. The monoisotopic (exact) mass is 496 g/mol. The SMILES string of the molecule is C/C=C/[C@@H]1Nc2ccc(cc2)NC(=O)Nc2ccc(C)c(c2)Oc2ccnc3cc(OC)c(OC)c1c23. The summed E-state index contributed by atoms with van der Waals surface area (Å²) >= 11 is 0. The summed E-state index contributed by atoms with van der Waals surface area (Å²) in [6.45, 7) is 3.92. The normalized spacial score (nSPS) is 15.0. The van der Waals surface area contributed by atoms with Gasteiger partial charge in [-0.25, -0.2) is 4.79 Å². The molecule has 188 valence electrons. The number of amides is 2. The second kappa shape index (κ2) is 10.1. The summed E-state index contributed by atoms with van der Waals surface area (Å²) in [6.07, 6.45) is 5.72. The first-order chi connectivity index (χ1) is 18.0. The molecule has 0 unspecified atom stereocenters. The third kappa shape index (κ3) is 4.73. The maximum atomic E-state index is 12.6. The number of urea groups is 1. The molecule has 0 saturated heterocycles. The van der Waals surface area contributed by atoms with E-state index in [1.54, 1.807) is 26.5 Å². The molecular weight excluding hydrogens is 468 g/mol. The average molecular weight is 497 g/mol. The van der Waals surface area contributed by atoms with E-state index in [4.69, 9.17) is 14.2 Å². The molecule has 4 aromatic rings. The quantitative estimate of drug-likeness (QED) is 0.263. The van der Waals surface area contributed by atoms with Gasteiger partial charge in [0.2, 0.25) is 0 Å². The van der Waals surface area contributed by atoms with Crippen LogP contribution in [0.1, 0.15) is 24.1 Å². The van der Waals surface area contributed by atoms with Gasteiger partial charge in [0.1, 0.15) is 11.5 Å². The molecule has 3 aromatic carbocycles. The molecule has 6 rings (SSSR count). The van der Waals surface area contributed by atoms with Crippen molar-refractivity contribution in [3.05, 3.63) is 84.1 Å². The van der Waals surface area contributed by atoms with Crippen LogP contribution in [0.5, 0.6) is 23.0 Å². The summed E-state index contributed by atoms with van der Waals surface area (Å²) in [6, 6.07) is 16.1. The number of nitrogens with one attached hydrogen (secondary N) is 3. The maximum Gasteiger partial charge on any atom is 0.323 e. The van der Waals surface area contributed by atoms with Crippen LogP contribution in [0.25, 0.3) is 10.9 Å². The molecule has 0 fully saturated rings. The van der Waals surface area contributed by atoms with Crippen molar-refractivity contribution in [3.8, 4) is 23.0 Å². The lowest BCUT2D eigenvalue weighted by atomic mass is 9.97. The number of carbonyl (C=O) groups excluding carboxylic acids is 1. The number of nitrogens with zero attached hydrogens (tertiary/aromatic N) is 1. The smallest absolute Gasteiger partial charge is 0.323 e. The van der Waals surface area contributed by atoms with Crippen LogP contribution in [0.15, 0.2) is 72.9 Å². The third-order valence-electron chi connectivity index (χ3n) is 6.20. The fourth-order valence-corrected chi connectivity index (χ4v) is 4.46. The molecular formula is C29H28N4O4. The highest BCUT2D eigenvalue weighted by atomic mass is 16.5. The zero-order valence-corrected chi connectivity index (χ0v) is 21.1. The number of hydrogen-bond donors (Lipinski definition) is 3. The predicted octanol–water partition coefficient (Wildman–Crippen LogP) is 7.04. The van der Waals surface area contributed by atoms with Gasteiger partial charge in [0.25, 0.3) is 0 Å². The Bertz CT molecular complexity index is 1500. The second-order valence-corrected chi connectivity index (χ2v) is 8.62. The van der Waals surface area contributed by atoms with Crippen molar-refractivity contribution < 1.29 is 19.0 Å². The first kappa shape index (κ1) is 24.0. The number of rotatable bonds is 3. The Hall–Kier alpha value is -4.72. The van der Waals surface area contributed by atoms with Gasteiger partial charge in [-0.2, -0.15) is 0 Å². The minimum atomic E-state index is -0.345. The summed E-state index contributed by atoms with van der Waals surface area (Å²) in [5, 5.41) is 10.1. The number of ether oxygens (including phenoxy) is 3. The van der Waals surface area contributed by atoms with E-state index in [1.807, 2.05) is 74.5 Å². The van der Waals surface area contributed by atoms with Crippen molar-refractivity contribution in [1.29, 1.82) is 0 Å². The predicted molar refractivity (Wildman–Crippen MR) is 146 cm³/mol. The molecule has 0 radical (unpaired) electrons. The van der Waals surface area contributed by atoms with E-state index >= 15 is 0 Å². The summed E-state index contributed by atoms with van der Waals surface area (Å²) in [7, 11) is 3.23. The van der Waals surface area contributed by atoms with Crippen LogP contribution in [0, 0.1) is 6.92 Å². The van der Waals surface area contributed by atoms with E-state index in [1.165, 1.54) is 0 Å². The zero-order chi connectivity index (χ0) is 25.9. The summed E-state index contributed by atoms with van der Waals surface area (Å²) < 4.78 is 18.1. The van der Waals surface area contributed by atoms with E-state index < -0.39 is 0 Å². The Kier molecular flexibility index (Phi) is 6.55. The Morgan fingerprint density at radius 1 is 0.919 bits per heavy atom. The minimum absolute atomic E-state index is 0.313. The average Bonchev–Trinajstić information content (AvgIpc) is 2.89. The fraction of sp³-hybridized carbons (Fsp3) is 0.172. The van der Waals surface area contributed by atoms with Gasteiger partial charge < -0.3 is 30.2 Å². The highest BCUT2D eigenvalue weighted by Crippen LogP contribution is 2.46. The molecule has 2 amide bonds. The van der Waals surface area contributed by atoms with Crippen LogP contribution >= 0.6 is 0 Å². The van der Waals surface area contributed by atoms with Crippen molar-refractivity contribution in [2.24, 2.45) is 0 Å². The highest BCUT2D eigenvalue weighted by Gasteiger charge is 2.25. The molecule has 2 aliphatic rings. The molecule has 0 saturated carbocycles. The topological polar surface area (TPSA) is 93.7 Å².